The van der Waals surface area contributed by atoms with E-state index in [9.17, 15) is 4.79 Å². The van der Waals surface area contributed by atoms with Crippen molar-refractivity contribution in [3.8, 4) is 5.75 Å². The Bertz CT molecular complexity index is 915. The number of hydrogen-bond donors (Lipinski definition) is 1. The van der Waals surface area contributed by atoms with Crippen molar-refractivity contribution in [2.75, 3.05) is 0 Å². The summed E-state index contributed by atoms with van der Waals surface area (Å²) in [6.07, 6.45) is 7.87. The smallest absolute Gasteiger partial charge is 0.295 e. The summed E-state index contributed by atoms with van der Waals surface area (Å²) in [5.41, 5.74) is 3.77. The lowest BCUT2D eigenvalue weighted by atomic mass is 10.1. The molecule has 1 aliphatic rings. The molecule has 1 unspecified atom stereocenters. The van der Waals surface area contributed by atoms with Gasteiger partial charge in [0.2, 0.25) is 5.75 Å². The van der Waals surface area contributed by atoms with Gasteiger partial charge in [-0.25, -0.2) is 4.98 Å². The van der Waals surface area contributed by atoms with Gasteiger partial charge in [0, 0.05) is 12.6 Å². The third-order valence-corrected chi connectivity index (χ3v) is 5.41. The van der Waals surface area contributed by atoms with E-state index in [4.69, 9.17) is 4.74 Å². The Morgan fingerprint density at radius 1 is 1.28 bits per heavy atom. The second-order valence-electron chi connectivity index (χ2n) is 7.43. The van der Waals surface area contributed by atoms with Gasteiger partial charge in [0.1, 0.15) is 12.4 Å². The molecule has 1 heterocycles. The molecule has 1 atom stereocenters. The van der Waals surface area contributed by atoms with Gasteiger partial charge < -0.3 is 10.1 Å². The van der Waals surface area contributed by atoms with Crippen molar-refractivity contribution in [2.24, 2.45) is 0 Å². The topological polar surface area (TPSA) is 56.2 Å². The summed E-state index contributed by atoms with van der Waals surface area (Å²) in [7, 11) is 0. The van der Waals surface area contributed by atoms with Crippen LogP contribution in [0, 0.1) is 0 Å². The Morgan fingerprint density at radius 3 is 2.76 bits per heavy atom. The Morgan fingerprint density at radius 2 is 2.07 bits per heavy atom. The van der Waals surface area contributed by atoms with Crippen LogP contribution in [-0.2, 0) is 19.7 Å². The van der Waals surface area contributed by atoms with E-state index < -0.39 is 0 Å². The third kappa shape index (κ3) is 5.24. The molecule has 0 aliphatic heterocycles. The first-order valence-corrected chi connectivity index (χ1v) is 10.5. The van der Waals surface area contributed by atoms with Crippen molar-refractivity contribution in [1.82, 2.24) is 14.9 Å². The minimum Gasteiger partial charge on any atom is -0.482 e. The number of ether oxygens (including phenoxy) is 1. The number of nitrogens with one attached hydrogen (secondary N) is 1. The van der Waals surface area contributed by atoms with Crippen LogP contribution in [0.4, 0.5) is 0 Å². The van der Waals surface area contributed by atoms with Gasteiger partial charge in [-0.3, -0.25) is 9.36 Å². The zero-order valence-corrected chi connectivity index (χ0v) is 17.5. The van der Waals surface area contributed by atoms with Gasteiger partial charge >= 0.3 is 0 Å². The summed E-state index contributed by atoms with van der Waals surface area (Å²) >= 11 is 0. The van der Waals surface area contributed by atoms with E-state index in [0.29, 0.717) is 31.5 Å². The molecular formula is C24H31N3O2. The number of aromatic nitrogens is 2. The van der Waals surface area contributed by atoms with Crippen LogP contribution in [0.2, 0.25) is 0 Å². The van der Waals surface area contributed by atoms with Crippen LogP contribution in [0.1, 0.15) is 50.9 Å². The summed E-state index contributed by atoms with van der Waals surface area (Å²) in [6.45, 7) is 9.61. The first-order chi connectivity index (χ1) is 14.2. The zero-order chi connectivity index (χ0) is 20.6. The summed E-state index contributed by atoms with van der Waals surface area (Å²) in [5.74, 6) is 1.04. The van der Waals surface area contributed by atoms with Crippen LogP contribution in [0.25, 0.3) is 0 Å². The van der Waals surface area contributed by atoms with Crippen LogP contribution >= 0.6 is 0 Å². The molecule has 1 N–H and O–H groups in total. The van der Waals surface area contributed by atoms with Crippen LogP contribution in [-0.4, -0.2) is 15.6 Å². The predicted octanol–water partition coefficient (Wildman–Crippen LogP) is 4.38. The summed E-state index contributed by atoms with van der Waals surface area (Å²) in [6, 6.07) is 10.2. The van der Waals surface area contributed by atoms with Crippen LogP contribution in [0.3, 0.4) is 0 Å². The Hall–Kier alpha value is -2.66. The number of rotatable bonds is 10. The largest absolute Gasteiger partial charge is 0.482 e. The first-order valence-electron chi connectivity index (χ1n) is 10.5. The van der Waals surface area contributed by atoms with Crippen LogP contribution in [0.5, 0.6) is 5.75 Å². The molecule has 3 rings (SSSR count). The van der Waals surface area contributed by atoms with Gasteiger partial charge in [-0.2, -0.15) is 0 Å². The zero-order valence-electron chi connectivity index (χ0n) is 17.5. The fraction of sp³-hybridized carbons (Fsp3) is 0.417. The van der Waals surface area contributed by atoms with Crippen molar-refractivity contribution in [2.45, 2.75) is 65.3 Å². The van der Waals surface area contributed by atoms with Gasteiger partial charge in [0.05, 0.1) is 12.7 Å². The minimum atomic E-state index is -0.127. The van der Waals surface area contributed by atoms with Gasteiger partial charge in [0.15, 0.2) is 0 Å². The van der Waals surface area contributed by atoms with E-state index in [2.05, 4.69) is 23.8 Å². The average Bonchev–Trinajstić information content (AvgIpc) is 3.14. The molecule has 0 saturated carbocycles. The van der Waals surface area contributed by atoms with Gasteiger partial charge in [-0.1, -0.05) is 61.9 Å². The molecule has 154 valence electrons. The number of allylic oxidation sites excluding steroid dienone is 1. The monoisotopic (exact) mass is 393 g/mol. The molecule has 0 fully saturated rings. The third-order valence-electron chi connectivity index (χ3n) is 5.41. The molecule has 1 aromatic carbocycles. The van der Waals surface area contributed by atoms with Crippen LogP contribution < -0.4 is 15.6 Å². The van der Waals surface area contributed by atoms with Crippen molar-refractivity contribution in [1.29, 1.82) is 0 Å². The maximum atomic E-state index is 12.8. The lowest BCUT2D eigenvalue weighted by molar-refractivity contribution is 0.296. The van der Waals surface area contributed by atoms with Gasteiger partial charge in [-0.15, -0.1) is 0 Å². The van der Waals surface area contributed by atoms with E-state index in [1.807, 2.05) is 43.3 Å². The first kappa shape index (κ1) is 21.1. The number of hydrogen-bond acceptors (Lipinski definition) is 4. The average molecular weight is 394 g/mol. The molecule has 2 aromatic rings. The molecular weight excluding hydrogens is 362 g/mol. The van der Waals surface area contributed by atoms with Gasteiger partial charge in [-0.05, 0) is 37.3 Å². The molecule has 5 nitrogen and oxygen atoms in total. The highest BCUT2D eigenvalue weighted by atomic mass is 16.5. The lowest BCUT2D eigenvalue weighted by Crippen LogP contribution is -2.32. The van der Waals surface area contributed by atoms with E-state index in [-0.39, 0.29) is 5.56 Å². The standard InChI is InChI=1S/C24H31N3O2/c1-4-10-20-14-21(13-19(20)5-2)25-16-23-26-15-22(24(28)27(23)6-3)29-17-18-11-8-7-9-12-18/h5,7-9,11-12,15,21,25H,2,4,6,10,13-14,16-17H2,1,3H3. The quantitative estimate of drug-likeness (QED) is 0.651. The van der Waals surface area contributed by atoms with Gasteiger partial charge in [0.25, 0.3) is 5.56 Å². The highest BCUT2D eigenvalue weighted by Crippen LogP contribution is 2.30. The van der Waals surface area contributed by atoms with Crippen molar-refractivity contribution in [3.63, 3.8) is 0 Å². The van der Waals surface area contributed by atoms with Crippen LogP contribution in [0.15, 0.2) is 65.1 Å². The van der Waals surface area contributed by atoms with Crippen molar-refractivity contribution in [3.05, 3.63) is 82.1 Å². The molecule has 0 saturated heterocycles. The normalized spacial score (nSPS) is 16.3. The maximum absolute atomic E-state index is 12.8. The van der Waals surface area contributed by atoms with E-state index in [1.54, 1.807) is 10.8 Å². The minimum absolute atomic E-state index is 0.127. The Kier molecular flexibility index (Phi) is 7.42. The highest BCUT2D eigenvalue weighted by Gasteiger charge is 2.22. The van der Waals surface area contributed by atoms with E-state index in [0.717, 1.165) is 37.1 Å². The summed E-state index contributed by atoms with van der Waals surface area (Å²) in [4.78, 5) is 17.3. The molecule has 29 heavy (non-hydrogen) atoms. The molecule has 0 radical (unpaired) electrons. The fourth-order valence-corrected chi connectivity index (χ4v) is 3.89. The fourth-order valence-electron chi connectivity index (χ4n) is 3.89. The summed E-state index contributed by atoms with van der Waals surface area (Å²) in [5, 5.41) is 3.58. The number of benzene rings is 1. The SMILES string of the molecule is C=CC1=C(CCC)CC(NCc2ncc(OCc3ccccc3)c(=O)n2CC)C1. The Balaban J connectivity index is 1.64. The molecule has 0 spiro atoms. The highest BCUT2D eigenvalue weighted by molar-refractivity contribution is 5.31. The molecule has 1 aliphatic carbocycles. The van der Waals surface area contributed by atoms with E-state index in [1.165, 1.54) is 11.1 Å². The molecule has 0 amide bonds. The second-order valence-corrected chi connectivity index (χ2v) is 7.43. The Labute approximate surface area is 173 Å². The second kappa shape index (κ2) is 10.2. The number of nitrogens with zero attached hydrogens (tertiary/aromatic N) is 2. The lowest BCUT2D eigenvalue weighted by Gasteiger charge is -2.16. The van der Waals surface area contributed by atoms with Crippen molar-refractivity contribution < 1.29 is 4.74 Å². The predicted molar refractivity (Wildman–Crippen MR) is 117 cm³/mol. The maximum Gasteiger partial charge on any atom is 0.295 e. The molecule has 0 bridgehead atoms. The van der Waals surface area contributed by atoms with E-state index >= 15 is 0 Å². The molecule has 5 heteroatoms. The van der Waals surface area contributed by atoms with Crippen molar-refractivity contribution >= 4 is 0 Å². The molecule has 1 aromatic heterocycles. The summed E-state index contributed by atoms with van der Waals surface area (Å²) < 4.78 is 7.43.